The summed E-state index contributed by atoms with van der Waals surface area (Å²) < 4.78 is 7.03. The zero-order chi connectivity index (χ0) is 19.0. The predicted molar refractivity (Wildman–Crippen MR) is 98.1 cm³/mol. The first-order valence-electron chi connectivity index (χ1n) is 8.44. The number of rotatable bonds is 4. The molecule has 140 valence electrons. The van der Waals surface area contributed by atoms with Gasteiger partial charge in [0.05, 0.1) is 12.9 Å². The summed E-state index contributed by atoms with van der Waals surface area (Å²) in [4.78, 5) is 12.9. The number of aromatic nitrogens is 4. The van der Waals surface area contributed by atoms with Crippen LogP contribution in [0.4, 0.5) is 5.82 Å². The molecule has 0 radical (unpaired) electrons. The molecule has 3 heterocycles. The number of hydrogen-bond donors (Lipinski definition) is 4. The van der Waals surface area contributed by atoms with Crippen molar-refractivity contribution >= 4 is 29.1 Å². The first kappa shape index (κ1) is 17.6. The molecule has 0 aliphatic carbocycles. The van der Waals surface area contributed by atoms with Crippen molar-refractivity contribution in [3.8, 4) is 0 Å². The molecule has 1 saturated heterocycles. The smallest absolute Gasteiger partial charge is 0.168 e. The third-order valence-corrected chi connectivity index (χ3v) is 4.48. The fourth-order valence-electron chi connectivity index (χ4n) is 3.06. The van der Waals surface area contributed by atoms with Gasteiger partial charge in [0.2, 0.25) is 0 Å². The number of nitrogen functional groups attached to an aromatic ring is 1. The second-order valence-corrected chi connectivity index (χ2v) is 6.26. The fourth-order valence-corrected chi connectivity index (χ4v) is 3.06. The quantitative estimate of drug-likeness (QED) is 0.511. The SMILES string of the molecule is Nc1nc(C=Cc2ccccc2)nc2c1ncn2[C@@H]1O[C@H](CO)[C@@H](O)[C@H]1O. The van der Waals surface area contributed by atoms with E-state index in [0.717, 1.165) is 5.56 Å². The average Bonchev–Trinajstić information content (AvgIpc) is 3.23. The second kappa shape index (κ2) is 7.05. The maximum absolute atomic E-state index is 10.3. The molecule has 27 heavy (non-hydrogen) atoms. The van der Waals surface area contributed by atoms with E-state index in [2.05, 4.69) is 15.0 Å². The van der Waals surface area contributed by atoms with Crippen LogP contribution in [0.25, 0.3) is 23.3 Å². The Kier molecular flexibility index (Phi) is 4.58. The van der Waals surface area contributed by atoms with E-state index in [1.165, 1.54) is 10.9 Å². The van der Waals surface area contributed by atoms with Gasteiger partial charge in [0, 0.05) is 0 Å². The summed E-state index contributed by atoms with van der Waals surface area (Å²) >= 11 is 0. The molecule has 1 aliphatic heterocycles. The maximum Gasteiger partial charge on any atom is 0.168 e. The van der Waals surface area contributed by atoms with Crippen molar-refractivity contribution in [2.24, 2.45) is 0 Å². The van der Waals surface area contributed by atoms with Gasteiger partial charge in [0.15, 0.2) is 23.5 Å². The number of hydrogen-bond acceptors (Lipinski definition) is 8. The van der Waals surface area contributed by atoms with Gasteiger partial charge in [0.25, 0.3) is 0 Å². The van der Waals surface area contributed by atoms with E-state index in [1.54, 1.807) is 6.08 Å². The van der Waals surface area contributed by atoms with Crippen LogP contribution in [-0.4, -0.2) is 59.8 Å². The number of imidazole rings is 1. The van der Waals surface area contributed by atoms with Gasteiger partial charge in [0.1, 0.15) is 23.8 Å². The standard InChI is InChI=1S/C18H19N5O4/c19-16-13-17(22-12(21-16)7-6-10-4-2-1-3-5-10)23(9-20-13)18-15(26)14(25)11(8-24)27-18/h1-7,9,11,14-15,18,24-26H,8H2,(H2,19,21,22)/t11-,14-,15-,18-/m1/s1. The van der Waals surface area contributed by atoms with Gasteiger partial charge in [-0.1, -0.05) is 36.4 Å². The highest BCUT2D eigenvalue weighted by Gasteiger charge is 2.44. The summed E-state index contributed by atoms with van der Waals surface area (Å²) in [5.74, 6) is 0.565. The topological polar surface area (TPSA) is 140 Å². The molecule has 4 atom stereocenters. The van der Waals surface area contributed by atoms with E-state index in [9.17, 15) is 15.3 Å². The zero-order valence-corrected chi connectivity index (χ0v) is 14.3. The third-order valence-electron chi connectivity index (χ3n) is 4.48. The number of ether oxygens (including phenoxy) is 1. The number of nitrogens with two attached hydrogens (primary N) is 1. The van der Waals surface area contributed by atoms with Crippen molar-refractivity contribution in [3.63, 3.8) is 0 Å². The molecule has 4 rings (SSSR count). The highest BCUT2D eigenvalue weighted by atomic mass is 16.6. The average molecular weight is 369 g/mol. The lowest BCUT2D eigenvalue weighted by Crippen LogP contribution is -2.33. The van der Waals surface area contributed by atoms with E-state index < -0.39 is 31.1 Å². The number of anilines is 1. The summed E-state index contributed by atoms with van der Waals surface area (Å²) in [5.41, 5.74) is 7.71. The largest absolute Gasteiger partial charge is 0.394 e. The Balaban J connectivity index is 1.71. The van der Waals surface area contributed by atoms with Crippen LogP contribution in [0.15, 0.2) is 36.7 Å². The Bertz CT molecular complexity index is 975. The molecule has 1 aromatic carbocycles. The van der Waals surface area contributed by atoms with Crippen LogP contribution < -0.4 is 5.73 Å². The highest BCUT2D eigenvalue weighted by Crippen LogP contribution is 2.32. The monoisotopic (exact) mass is 369 g/mol. The first-order chi connectivity index (χ1) is 13.1. The van der Waals surface area contributed by atoms with Gasteiger partial charge in [-0.2, -0.15) is 0 Å². The number of aliphatic hydroxyl groups is 3. The summed E-state index contributed by atoms with van der Waals surface area (Å²) in [6.07, 6.45) is 0.712. The third kappa shape index (κ3) is 3.17. The molecule has 1 aliphatic rings. The van der Waals surface area contributed by atoms with Crippen LogP contribution in [0.1, 0.15) is 17.6 Å². The molecule has 0 unspecified atom stereocenters. The molecule has 9 nitrogen and oxygen atoms in total. The van der Waals surface area contributed by atoms with Gasteiger partial charge < -0.3 is 25.8 Å². The van der Waals surface area contributed by atoms with Gasteiger partial charge in [-0.25, -0.2) is 15.0 Å². The number of benzene rings is 1. The predicted octanol–water partition coefficient (Wildman–Crippen LogP) is 0.190. The summed E-state index contributed by atoms with van der Waals surface area (Å²) in [7, 11) is 0. The number of fused-ring (bicyclic) bond motifs is 1. The van der Waals surface area contributed by atoms with Crippen molar-refractivity contribution in [2.45, 2.75) is 24.5 Å². The van der Waals surface area contributed by atoms with Gasteiger partial charge in [-0.05, 0) is 11.6 Å². The maximum atomic E-state index is 10.3. The molecule has 5 N–H and O–H groups in total. The van der Waals surface area contributed by atoms with Gasteiger partial charge in [-0.3, -0.25) is 4.57 Å². The normalized spacial score (nSPS) is 25.6. The molecular formula is C18H19N5O4. The van der Waals surface area contributed by atoms with Crippen molar-refractivity contribution in [1.82, 2.24) is 19.5 Å². The van der Waals surface area contributed by atoms with Crippen LogP contribution in [0.3, 0.4) is 0 Å². The Morgan fingerprint density at radius 1 is 1.11 bits per heavy atom. The molecule has 3 aromatic rings. The van der Waals surface area contributed by atoms with Crippen LogP contribution in [0.2, 0.25) is 0 Å². The Hall–Kier alpha value is -2.85. The Morgan fingerprint density at radius 2 is 1.89 bits per heavy atom. The molecular weight excluding hydrogens is 350 g/mol. The first-order valence-corrected chi connectivity index (χ1v) is 8.44. The summed E-state index contributed by atoms with van der Waals surface area (Å²) in [6.45, 7) is -0.413. The van der Waals surface area contributed by atoms with Crippen molar-refractivity contribution < 1.29 is 20.1 Å². The van der Waals surface area contributed by atoms with Crippen molar-refractivity contribution in [1.29, 1.82) is 0 Å². The Morgan fingerprint density at radius 3 is 2.59 bits per heavy atom. The molecule has 0 spiro atoms. The number of aliphatic hydroxyl groups excluding tert-OH is 3. The molecule has 0 bridgehead atoms. The number of nitrogens with zero attached hydrogens (tertiary/aromatic N) is 4. The van der Waals surface area contributed by atoms with E-state index in [-0.39, 0.29) is 5.82 Å². The zero-order valence-electron chi connectivity index (χ0n) is 14.3. The molecule has 1 fully saturated rings. The molecule has 9 heteroatoms. The highest BCUT2D eigenvalue weighted by molar-refractivity contribution is 5.83. The minimum atomic E-state index is -1.24. The lowest BCUT2D eigenvalue weighted by Gasteiger charge is -2.16. The van der Waals surface area contributed by atoms with Gasteiger partial charge in [-0.15, -0.1) is 0 Å². The lowest BCUT2D eigenvalue weighted by molar-refractivity contribution is -0.0511. The van der Waals surface area contributed by atoms with Crippen molar-refractivity contribution in [3.05, 3.63) is 48.0 Å². The van der Waals surface area contributed by atoms with E-state index in [1.807, 2.05) is 36.4 Å². The van der Waals surface area contributed by atoms with Crippen molar-refractivity contribution in [2.75, 3.05) is 12.3 Å². The summed E-state index contributed by atoms with van der Waals surface area (Å²) in [5, 5.41) is 29.5. The lowest BCUT2D eigenvalue weighted by atomic mass is 10.1. The molecule has 0 amide bonds. The minimum absolute atomic E-state index is 0.193. The van der Waals surface area contributed by atoms with Crippen LogP contribution in [0, 0.1) is 0 Å². The second-order valence-electron chi connectivity index (χ2n) is 6.26. The van der Waals surface area contributed by atoms with E-state index in [0.29, 0.717) is 17.0 Å². The van der Waals surface area contributed by atoms with Crippen LogP contribution in [0.5, 0.6) is 0 Å². The Labute approximate surface area is 154 Å². The van der Waals surface area contributed by atoms with E-state index in [4.69, 9.17) is 10.5 Å². The van der Waals surface area contributed by atoms with Crippen LogP contribution >= 0.6 is 0 Å². The minimum Gasteiger partial charge on any atom is -0.394 e. The summed E-state index contributed by atoms with van der Waals surface area (Å²) in [6, 6.07) is 9.67. The van der Waals surface area contributed by atoms with E-state index >= 15 is 0 Å². The molecule has 0 saturated carbocycles. The fraction of sp³-hybridized carbons (Fsp3) is 0.278. The molecule has 2 aromatic heterocycles. The van der Waals surface area contributed by atoms with Crippen LogP contribution in [-0.2, 0) is 4.74 Å². The van der Waals surface area contributed by atoms with Gasteiger partial charge >= 0.3 is 0 Å².